The van der Waals surface area contributed by atoms with Crippen LogP contribution in [0.1, 0.15) is 16.0 Å². The minimum Gasteiger partial charge on any atom is -0.488 e. The van der Waals surface area contributed by atoms with Gasteiger partial charge in [0.25, 0.3) is 0 Å². The van der Waals surface area contributed by atoms with Gasteiger partial charge in [0.2, 0.25) is 0 Å². The molecule has 0 saturated carbocycles. The zero-order valence-corrected chi connectivity index (χ0v) is 11.6. The largest absolute Gasteiger partial charge is 0.488 e. The van der Waals surface area contributed by atoms with Crippen LogP contribution < -0.4 is 4.74 Å². The van der Waals surface area contributed by atoms with E-state index in [0.717, 1.165) is 22.1 Å². The van der Waals surface area contributed by atoms with Crippen LogP contribution in [0.15, 0.2) is 35.7 Å². The molecule has 0 atom stereocenters. The Morgan fingerprint density at radius 3 is 2.95 bits per heavy atom. The van der Waals surface area contributed by atoms with Crippen molar-refractivity contribution in [2.24, 2.45) is 0 Å². The second-order valence-corrected chi connectivity index (χ2v) is 5.17. The standard InChI is InChI=1S/C15H13FO3S/c1-10-8-12(16)3-4-13(10)19-9-14-11(6-7-20-14)2-5-15(17)18/h2-8H,9H2,1H3,(H,17,18)/b5-2+. The second kappa shape index (κ2) is 6.34. The first kappa shape index (κ1) is 14.3. The summed E-state index contributed by atoms with van der Waals surface area (Å²) >= 11 is 1.49. The molecule has 0 aliphatic carbocycles. The van der Waals surface area contributed by atoms with Crippen LogP contribution in [0.2, 0.25) is 0 Å². The van der Waals surface area contributed by atoms with Crippen molar-refractivity contribution in [3.8, 4) is 5.75 Å². The average Bonchev–Trinajstić information content (AvgIpc) is 2.83. The summed E-state index contributed by atoms with van der Waals surface area (Å²) < 4.78 is 18.6. The van der Waals surface area contributed by atoms with Gasteiger partial charge >= 0.3 is 5.97 Å². The maximum atomic E-state index is 13.0. The van der Waals surface area contributed by atoms with Crippen molar-refractivity contribution in [2.45, 2.75) is 13.5 Å². The van der Waals surface area contributed by atoms with Crippen LogP contribution in [0.25, 0.3) is 6.08 Å². The number of hydrogen-bond donors (Lipinski definition) is 1. The molecule has 0 aliphatic heterocycles. The van der Waals surface area contributed by atoms with Gasteiger partial charge in [-0.3, -0.25) is 0 Å². The number of ether oxygens (including phenoxy) is 1. The minimum atomic E-state index is -0.988. The molecule has 1 aromatic heterocycles. The average molecular weight is 292 g/mol. The number of carbonyl (C=O) groups is 1. The van der Waals surface area contributed by atoms with E-state index in [2.05, 4.69) is 0 Å². The Bertz CT molecular complexity index is 646. The molecular formula is C15H13FO3S. The van der Waals surface area contributed by atoms with Crippen LogP contribution in [0.4, 0.5) is 4.39 Å². The molecule has 0 bridgehead atoms. The van der Waals surface area contributed by atoms with Crippen LogP contribution >= 0.6 is 11.3 Å². The summed E-state index contributed by atoms with van der Waals surface area (Å²) in [6.07, 6.45) is 2.63. The first-order chi connectivity index (χ1) is 9.56. The number of halogens is 1. The molecule has 104 valence electrons. The Labute approximate surface area is 119 Å². The number of rotatable bonds is 5. The lowest BCUT2D eigenvalue weighted by atomic mass is 10.2. The van der Waals surface area contributed by atoms with E-state index in [0.29, 0.717) is 12.4 Å². The number of carboxylic acid groups (broad SMARTS) is 1. The van der Waals surface area contributed by atoms with Crippen molar-refractivity contribution in [2.75, 3.05) is 0 Å². The SMILES string of the molecule is Cc1cc(F)ccc1OCc1sccc1/C=C/C(=O)O. The summed E-state index contributed by atoms with van der Waals surface area (Å²) in [6.45, 7) is 2.10. The fourth-order valence-electron chi connectivity index (χ4n) is 1.70. The highest BCUT2D eigenvalue weighted by molar-refractivity contribution is 7.10. The highest BCUT2D eigenvalue weighted by atomic mass is 32.1. The molecule has 0 aliphatic rings. The Hall–Kier alpha value is -2.14. The topological polar surface area (TPSA) is 46.5 Å². The molecule has 0 fully saturated rings. The molecule has 1 heterocycles. The first-order valence-electron chi connectivity index (χ1n) is 5.92. The zero-order valence-electron chi connectivity index (χ0n) is 10.8. The van der Waals surface area contributed by atoms with Crippen molar-refractivity contribution in [3.05, 3.63) is 57.5 Å². The van der Waals surface area contributed by atoms with Gasteiger partial charge in [0.05, 0.1) is 0 Å². The highest BCUT2D eigenvalue weighted by Gasteiger charge is 2.05. The number of aliphatic carboxylic acids is 1. The summed E-state index contributed by atoms with van der Waals surface area (Å²) in [5.41, 5.74) is 1.54. The molecule has 0 amide bonds. The van der Waals surface area contributed by atoms with Crippen molar-refractivity contribution < 1.29 is 19.0 Å². The molecule has 2 aromatic rings. The van der Waals surface area contributed by atoms with Crippen LogP contribution in [-0.2, 0) is 11.4 Å². The van der Waals surface area contributed by atoms with Crippen LogP contribution in [0, 0.1) is 12.7 Å². The molecule has 5 heteroatoms. The summed E-state index contributed by atoms with van der Waals surface area (Å²) in [7, 11) is 0. The Morgan fingerprint density at radius 1 is 1.45 bits per heavy atom. The summed E-state index contributed by atoms with van der Waals surface area (Å²) in [5, 5.41) is 10.5. The van der Waals surface area contributed by atoms with Gasteiger partial charge in [0, 0.05) is 11.0 Å². The Kier molecular flexibility index (Phi) is 4.53. The monoisotopic (exact) mass is 292 g/mol. The molecule has 0 spiro atoms. The molecule has 1 aromatic carbocycles. The Balaban J connectivity index is 2.08. The second-order valence-electron chi connectivity index (χ2n) is 4.17. The predicted molar refractivity (Wildman–Crippen MR) is 76.5 cm³/mol. The van der Waals surface area contributed by atoms with Gasteiger partial charge in [-0.1, -0.05) is 0 Å². The molecule has 2 rings (SSSR count). The zero-order chi connectivity index (χ0) is 14.5. The number of thiophene rings is 1. The van der Waals surface area contributed by atoms with Gasteiger partial charge in [-0.25, -0.2) is 9.18 Å². The lowest BCUT2D eigenvalue weighted by molar-refractivity contribution is -0.131. The van der Waals surface area contributed by atoms with Gasteiger partial charge in [0.15, 0.2) is 0 Å². The number of carboxylic acids is 1. The van der Waals surface area contributed by atoms with Gasteiger partial charge in [-0.2, -0.15) is 0 Å². The maximum Gasteiger partial charge on any atom is 0.328 e. The van der Waals surface area contributed by atoms with E-state index in [1.165, 1.54) is 29.5 Å². The highest BCUT2D eigenvalue weighted by Crippen LogP contribution is 2.23. The lowest BCUT2D eigenvalue weighted by Crippen LogP contribution is -1.97. The van der Waals surface area contributed by atoms with Crippen LogP contribution in [0.5, 0.6) is 5.75 Å². The van der Waals surface area contributed by atoms with E-state index in [1.807, 2.05) is 11.4 Å². The number of benzene rings is 1. The number of aryl methyl sites for hydroxylation is 1. The third kappa shape index (κ3) is 3.68. The fourth-order valence-corrected chi connectivity index (χ4v) is 2.47. The third-order valence-electron chi connectivity index (χ3n) is 2.68. The summed E-state index contributed by atoms with van der Waals surface area (Å²) in [5.74, 6) is -0.665. The van der Waals surface area contributed by atoms with E-state index >= 15 is 0 Å². The molecule has 0 saturated heterocycles. The minimum absolute atomic E-state index is 0.295. The van der Waals surface area contributed by atoms with Crippen molar-refractivity contribution in [1.29, 1.82) is 0 Å². The normalized spacial score (nSPS) is 10.9. The maximum absolute atomic E-state index is 13.0. The molecule has 0 radical (unpaired) electrons. The number of hydrogen-bond acceptors (Lipinski definition) is 3. The van der Waals surface area contributed by atoms with Crippen molar-refractivity contribution >= 4 is 23.4 Å². The van der Waals surface area contributed by atoms with Gasteiger partial charge in [-0.15, -0.1) is 11.3 Å². The first-order valence-corrected chi connectivity index (χ1v) is 6.80. The quantitative estimate of drug-likeness (QED) is 0.851. The summed E-state index contributed by atoms with van der Waals surface area (Å²) in [4.78, 5) is 11.4. The molecule has 3 nitrogen and oxygen atoms in total. The van der Waals surface area contributed by atoms with E-state index in [-0.39, 0.29) is 5.82 Å². The van der Waals surface area contributed by atoms with Gasteiger partial charge < -0.3 is 9.84 Å². The van der Waals surface area contributed by atoms with Crippen molar-refractivity contribution in [1.82, 2.24) is 0 Å². The summed E-state index contributed by atoms with van der Waals surface area (Å²) in [6, 6.07) is 6.18. The van der Waals surface area contributed by atoms with Gasteiger partial charge in [0.1, 0.15) is 18.2 Å². The van der Waals surface area contributed by atoms with Gasteiger partial charge in [-0.05, 0) is 53.8 Å². The molecule has 0 unspecified atom stereocenters. The fraction of sp³-hybridized carbons (Fsp3) is 0.133. The third-order valence-corrected chi connectivity index (χ3v) is 3.59. The molecule has 1 N–H and O–H groups in total. The van der Waals surface area contributed by atoms with E-state index in [1.54, 1.807) is 13.0 Å². The molecule has 20 heavy (non-hydrogen) atoms. The van der Waals surface area contributed by atoms with Crippen LogP contribution in [-0.4, -0.2) is 11.1 Å². The van der Waals surface area contributed by atoms with E-state index in [9.17, 15) is 9.18 Å². The van der Waals surface area contributed by atoms with E-state index in [4.69, 9.17) is 9.84 Å². The van der Waals surface area contributed by atoms with Crippen molar-refractivity contribution in [3.63, 3.8) is 0 Å². The van der Waals surface area contributed by atoms with Crippen LogP contribution in [0.3, 0.4) is 0 Å². The van der Waals surface area contributed by atoms with E-state index < -0.39 is 5.97 Å². The Morgan fingerprint density at radius 2 is 2.25 bits per heavy atom. The smallest absolute Gasteiger partial charge is 0.328 e. The molecular weight excluding hydrogens is 279 g/mol. The lowest BCUT2D eigenvalue weighted by Gasteiger charge is -2.08. The predicted octanol–water partition coefficient (Wildman–Crippen LogP) is 3.87.